The molecule has 1 aliphatic heterocycles. The second kappa shape index (κ2) is 4.87. The zero-order chi connectivity index (χ0) is 15.2. The van der Waals surface area contributed by atoms with Gasteiger partial charge in [-0.1, -0.05) is 34.1 Å². The molecule has 0 saturated carbocycles. The van der Waals surface area contributed by atoms with Crippen LogP contribution in [-0.4, -0.2) is 5.91 Å². The molecule has 0 atom stereocenters. The van der Waals surface area contributed by atoms with Crippen LogP contribution in [0.4, 0.5) is 18.9 Å². The summed E-state index contributed by atoms with van der Waals surface area (Å²) >= 11 is 3.04. The third-order valence-electron chi connectivity index (χ3n) is 3.38. The number of fused-ring (bicyclic) bond motifs is 1. The lowest BCUT2D eigenvalue weighted by molar-refractivity contribution is -0.138. The molecule has 2 aromatic rings. The molecule has 1 heterocycles. The summed E-state index contributed by atoms with van der Waals surface area (Å²) in [6.07, 6.45) is -4.49. The van der Waals surface area contributed by atoms with E-state index in [1.54, 1.807) is 30.3 Å². The summed E-state index contributed by atoms with van der Waals surface area (Å²) in [5.74, 6) is -0.414. The van der Waals surface area contributed by atoms with Crippen molar-refractivity contribution in [2.24, 2.45) is 0 Å². The highest BCUT2D eigenvalue weighted by Crippen LogP contribution is 2.40. The number of amides is 1. The summed E-state index contributed by atoms with van der Waals surface area (Å²) in [6.45, 7) is -0.0691. The molecular weight excluding hydrogens is 347 g/mol. The van der Waals surface area contributed by atoms with Crippen LogP contribution in [0.2, 0.25) is 0 Å². The Hall–Kier alpha value is -1.82. The number of nitrogens with zero attached hydrogens (tertiary/aromatic N) is 1. The Morgan fingerprint density at radius 2 is 1.76 bits per heavy atom. The Morgan fingerprint density at radius 1 is 1.10 bits per heavy atom. The average molecular weight is 356 g/mol. The highest BCUT2D eigenvalue weighted by molar-refractivity contribution is 9.10. The van der Waals surface area contributed by atoms with Gasteiger partial charge in [0, 0.05) is 15.7 Å². The first-order chi connectivity index (χ1) is 9.88. The van der Waals surface area contributed by atoms with Crippen LogP contribution in [0.5, 0.6) is 0 Å². The number of carbonyl (C=O) groups excluding carboxylic acids is 1. The molecule has 21 heavy (non-hydrogen) atoms. The molecule has 3 rings (SSSR count). The SMILES string of the molecule is O=C1c2cc(Br)cc(C(F)(F)F)c2CN1c1ccccc1. The van der Waals surface area contributed by atoms with Crippen molar-refractivity contribution in [2.75, 3.05) is 4.90 Å². The maximum absolute atomic E-state index is 13.1. The highest BCUT2D eigenvalue weighted by atomic mass is 79.9. The van der Waals surface area contributed by atoms with Gasteiger partial charge in [-0.15, -0.1) is 0 Å². The van der Waals surface area contributed by atoms with Gasteiger partial charge in [0.25, 0.3) is 5.91 Å². The lowest BCUT2D eigenvalue weighted by Gasteiger charge is -2.16. The molecule has 0 saturated heterocycles. The summed E-state index contributed by atoms with van der Waals surface area (Å²) < 4.78 is 39.6. The van der Waals surface area contributed by atoms with Crippen LogP contribution in [0.3, 0.4) is 0 Å². The summed E-state index contributed by atoms with van der Waals surface area (Å²) in [6, 6.07) is 11.1. The molecule has 108 valence electrons. The quantitative estimate of drug-likeness (QED) is 0.730. The van der Waals surface area contributed by atoms with E-state index in [1.807, 2.05) is 0 Å². The van der Waals surface area contributed by atoms with Gasteiger partial charge < -0.3 is 4.90 Å². The third kappa shape index (κ3) is 2.44. The van der Waals surface area contributed by atoms with Crippen LogP contribution in [0.15, 0.2) is 46.9 Å². The number of carbonyl (C=O) groups is 1. The average Bonchev–Trinajstić information content (AvgIpc) is 2.75. The standard InChI is InChI=1S/C15H9BrF3NO/c16-9-6-11-12(13(7-9)15(17,18)19)8-20(14(11)21)10-4-2-1-3-5-10/h1-7H,8H2. The van der Waals surface area contributed by atoms with Crippen molar-refractivity contribution >= 4 is 27.5 Å². The molecule has 1 aliphatic rings. The summed E-state index contributed by atoms with van der Waals surface area (Å²) in [4.78, 5) is 13.7. The van der Waals surface area contributed by atoms with Crippen molar-refractivity contribution < 1.29 is 18.0 Å². The van der Waals surface area contributed by atoms with Crippen LogP contribution in [0.25, 0.3) is 0 Å². The first-order valence-corrected chi connectivity index (χ1v) is 6.94. The zero-order valence-corrected chi connectivity index (χ0v) is 12.2. The number of benzene rings is 2. The van der Waals surface area contributed by atoms with Crippen LogP contribution in [0.1, 0.15) is 21.5 Å². The molecule has 2 nitrogen and oxygen atoms in total. The molecule has 0 N–H and O–H groups in total. The van der Waals surface area contributed by atoms with Crippen molar-refractivity contribution in [1.29, 1.82) is 0 Å². The largest absolute Gasteiger partial charge is 0.416 e. The number of para-hydroxylation sites is 1. The van der Waals surface area contributed by atoms with Gasteiger partial charge in [-0.3, -0.25) is 4.79 Å². The van der Waals surface area contributed by atoms with Gasteiger partial charge >= 0.3 is 6.18 Å². The molecule has 0 unspecified atom stereocenters. The molecule has 0 bridgehead atoms. The Labute approximate surface area is 127 Å². The molecule has 6 heteroatoms. The monoisotopic (exact) mass is 355 g/mol. The van der Waals surface area contributed by atoms with E-state index in [1.165, 1.54) is 11.0 Å². The molecule has 1 amide bonds. The van der Waals surface area contributed by atoms with E-state index in [4.69, 9.17) is 0 Å². The highest BCUT2D eigenvalue weighted by Gasteiger charge is 2.40. The first-order valence-electron chi connectivity index (χ1n) is 6.14. The van der Waals surface area contributed by atoms with E-state index in [9.17, 15) is 18.0 Å². The Bertz CT molecular complexity index is 713. The second-order valence-corrected chi connectivity index (χ2v) is 5.62. The Balaban J connectivity index is 2.12. The topological polar surface area (TPSA) is 20.3 Å². The molecule has 0 aromatic heterocycles. The van der Waals surface area contributed by atoms with E-state index in [0.717, 1.165) is 6.07 Å². The van der Waals surface area contributed by atoms with E-state index in [2.05, 4.69) is 15.9 Å². The molecule has 0 spiro atoms. The predicted octanol–water partition coefficient (Wildman–Crippen LogP) is 4.63. The van der Waals surface area contributed by atoms with Gasteiger partial charge in [-0.2, -0.15) is 13.2 Å². The lowest BCUT2D eigenvalue weighted by atomic mass is 10.0. The number of rotatable bonds is 1. The number of alkyl halides is 3. The van der Waals surface area contributed by atoms with Crippen molar-refractivity contribution in [1.82, 2.24) is 0 Å². The normalized spacial score (nSPS) is 14.5. The Kier molecular flexibility index (Phi) is 3.28. The minimum Gasteiger partial charge on any atom is -0.304 e. The summed E-state index contributed by atoms with van der Waals surface area (Å²) in [7, 11) is 0. The van der Waals surface area contributed by atoms with Gasteiger partial charge in [0.2, 0.25) is 0 Å². The van der Waals surface area contributed by atoms with E-state index < -0.39 is 17.6 Å². The van der Waals surface area contributed by atoms with Crippen molar-refractivity contribution in [3.8, 4) is 0 Å². The van der Waals surface area contributed by atoms with Crippen molar-refractivity contribution in [3.63, 3.8) is 0 Å². The van der Waals surface area contributed by atoms with Gasteiger partial charge in [-0.05, 0) is 29.8 Å². The van der Waals surface area contributed by atoms with Crippen molar-refractivity contribution in [3.05, 3.63) is 63.6 Å². The lowest BCUT2D eigenvalue weighted by Crippen LogP contribution is -2.22. The molecule has 0 fully saturated rings. The van der Waals surface area contributed by atoms with E-state index >= 15 is 0 Å². The van der Waals surface area contributed by atoms with E-state index in [0.29, 0.717) is 5.69 Å². The van der Waals surface area contributed by atoms with Gasteiger partial charge in [0.15, 0.2) is 0 Å². The molecule has 0 radical (unpaired) electrons. The summed E-state index contributed by atoms with van der Waals surface area (Å²) in [5.41, 5.74) is -0.0540. The number of hydrogen-bond acceptors (Lipinski definition) is 1. The smallest absolute Gasteiger partial charge is 0.304 e. The van der Waals surface area contributed by atoms with Crippen LogP contribution in [0, 0.1) is 0 Å². The summed E-state index contributed by atoms with van der Waals surface area (Å²) in [5, 5.41) is 0. The van der Waals surface area contributed by atoms with Crippen LogP contribution in [-0.2, 0) is 12.7 Å². The molecule has 0 aliphatic carbocycles. The fourth-order valence-corrected chi connectivity index (χ4v) is 2.90. The molecule has 2 aromatic carbocycles. The number of anilines is 1. The van der Waals surface area contributed by atoms with Crippen molar-refractivity contribution in [2.45, 2.75) is 12.7 Å². The fourth-order valence-electron chi connectivity index (χ4n) is 2.44. The van der Waals surface area contributed by atoms with Crippen LogP contribution < -0.4 is 4.90 Å². The van der Waals surface area contributed by atoms with E-state index in [-0.39, 0.29) is 22.1 Å². The van der Waals surface area contributed by atoms with Crippen LogP contribution >= 0.6 is 15.9 Å². The first kappa shape index (κ1) is 14.1. The minimum absolute atomic E-state index is 0.0274. The minimum atomic E-state index is -4.49. The predicted molar refractivity (Wildman–Crippen MR) is 76.1 cm³/mol. The van der Waals surface area contributed by atoms with Gasteiger partial charge in [0.1, 0.15) is 0 Å². The van der Waals surface area contributed by atoms with Gasteiger partial charge in [-0.25, -0.2) is 0 Å². The third-order valence-corrected chi connectivity index (χ3v) is 3.84. The van der Waals surface area contributed by atoms with Gasteiger partial charge in [0.05, 0.1) is 12.1 Å². The fraction of sp³-hybridized carbons (Fsp3) is 0.133. The zero-order valence-electron chi connectivity index (χ0n) is 10.6. The number of hydrogen-bond donors (Lipinski definition) is 0. The maximum atomic E-state index is 13.1. The second-order valence-electron chi connectivity index (χ2n) is 4.70. The maximum Gasteiger partial charge on any atom is 0.416 e. The molecular formula is C15H9BrF3NO. The number of halogens is 4. The Morgan fingerprint density at radius 3 is 2.38 bits per heavy atom.